The fraction of sp³-hybridized carbons (Fsp3) is 0.125. The number of hydrogen-bond acceptors (Lipinski definition) is 2. The lowest BCUT2D eigenvalue weighted by Gasteiger charge is -2.13. The van der Waals surface area contributed by atoms with E-state index in [4.69, 9.17) is 23.2 Å². The molecule has 0 aliphatic rings. The largest absolute Gasteiger partial charge is 0.358 e. The summed E-state index contributed by atoms with van der Waals surface area (Å²) in [6.07, 6.45) is 0. The van der Waals surface area contributed by atoms with Crippen molar-refractivity contribution in [3.05, 3.63) is 70.2 Å². The van der Waals surface area contributed by atoms with Gasteiger partial charge in [0.15, 0.2) is 5.78 Å². The molecular weight excluding hydrogens is 309 g/mol. The molecule has 0 aliphatic carbocycles. The summed E-state index contributed by atoms with van der Waals surface area (Å²) in [4.78, 5) is 24.3. The molecule has 0 bridgehead atoms. The molecule has 1 N–H and O–H groups in total. The molecular formula is C16H13Cl2NO2. The van der Waals surface area contributed by atoms with Gasteiger partial charge in [-0.05, 0) is 17.7 Å². The van der Waals surface area contributed by atoms with E-state index in [-0.39, 0.29) is 11.7 Å². The van der Waals surface area contributed by atoms with Crippen LogP contribution in [0.2, 0.25) is 5.02 Å². The zero-order valence-electron chi connectivity index (χ0n) is 11.3. The van der Waals surface area contributed by atoms with Crippen molar-refractivity contribution in [2.75, 3.05) is 7.05 Å². The number of alkyl halides is 1. The molecule has 1 amide bonds. The van der Waals surface area contributed by atoms with Gasteiger partial charge >= 0.3 is 0 Å². The van der Waals surface area contributed by atoms with Crippen LogP contribution in [-0.2, 0) is 4.79 Å². The molecule has 0 saturated heterocycles. The summed E-state index contributed by atoms with van der Waals surface area (Å²) in [6.45, 7) is 0. The zero-order valence-corrected chi connectivity index (χ0v) is 12.8. The second-order valence-electron chi connectivity index (χ2n) is 4.40. The molecule has 0 heterocycles. The SMILES string of the molecule is CNC(=O)C(Cl)c1ccc(Cl)cc1C(=O)c1ccccc1. The summed E-state index contributed by atoms with van der Waals surface area (Å²) in [5.41, 5.74) is 1.29. The average molecular weight is 322 g/mol. The molecule has 0 aromatic heterocycles. The van der Waals surface area contributed by atoms with Gasteiger partial charge in [-0.25, -0.2) is 0 Å². The summed E-state index contributed by atoms with van der Waals surface area (Å²) in [5, 5.41) is 1.94. The summed E-state index contributed by atoms with van der Waals surface area (Å²) >= 11 is 12.1. The van der Waals surface area contributed by atoms with E-state index >= 15 is 0 Å². The third-order valence-corrected chi connectivity index (χ3v) is 3.71. The highest BCUT2D eigenvalue weighted by atomic mass is 35.5. The van der Waals surface area contributed by atoms with Crippen molar-refractivity contribution in [1.29, 1.82) is 0 Å². The first-order valence-corrected chi connectivity index (χ1v) is 7.11. The number of carbonyl (C=O) groups excluding carboxylic acids is 2. The van der Waals surface area contributed by atoms with Gasteiger partial charge in [0.1, 0.15) is 5.38 Å². The number of amides is 1. The summed E-state index contributed by atoms with van der Waals surface area (Å²) in [7, 11) is 1.49. The van der Waals surface area contributed by atoms with Gasteiger partial charge in [0.05, 0.1) is 0 Å². The van der Waals surface area contributed by atoms with Crippen LogP contribution >= 0.6 is 23.2 Å². The molecule has 0 fully saturated rings. The molecule has 3 nitrogen and oxygen atoms in total. The smallest absolute Gasteiger partial charge is 0.242 e. The van der Waals surface area contributed by atoms with Crippen molar-refractivity contribution < 1.29 is 9.59 Å². The van der Waals surface area contributed by atoms with Crippen molar-refractivity contribution in [2.24, 2.45) is 0 Å². The lowest BCUT2D eigenvalue weighted by Crippen LogP contribution is -2.24. The van der Waals surface area contributed by atoms with Crippen LogP contribution in [-0.4, -0.2) is 18.7 Å². The first-order chi connectivity index (χ1) is 10.0. The van der Waals surface area contributed by atoms with Gasteiger partial charge in [0.2, 0.25) is 5.91 Å². The molecule has 0 spiro atoms. The van der Waals surface area contributed by atoms with E-state index in [0.29, 0.717) is 21.7 Å². The molecule has 2 aromatic rings. The number of ketones is 1. The minimum Gasteiger partial charge on any atom is -0.358 e. The maximum Gasteiger partial charge on any atom is 0.242 e. The Morgan fingerprint density at radius 3 is 2.38 bits per heavy atom. The first-order valence-electron chi connectivity index (χ1n) is 6.29. The number of likely N-dealkylation sites (N-methyl/N-ethyl adjacent to an activating group) is 1. The van der Waals surface area contributed by atoms with Crippen molar-refractivity contribution in [1.82, 2.24) is 5.32 Å². The maximum absolute atomic E-state index is 12.6. The van der Waals surface area contributed by atoms with Gasteiger partial charge in [-0.2, -0.15) is 0 Å². The van der Waals surface area contributed by atoms with Gasteiger partial charge in [0.25, 0.3) is 0 Å². The number of nitrogens with one attached hydrogen (secondary N) is 1. The Morgan fingerprint density at radius 2 is 1.76 bits per heavy atom. The fourth-order valence-corrected chi connectivity index (χ4v) is 2.43. The summed E-state index contributed by atoms with van der Waals surface area (Å²) < 4.78 is 0. The average Bonchev–Trinajstić information content (AvgIpc) is 2.53. The topological polar surface area (TPSA) is 46.2 Å². The van der Waals surface area contributed by atoms with E-state index in [1.54, 1.807) is 36.4 Å². The molecule has 0 saturated carbocycles. The van der Waals surface area contributed by atoms with Crippen molar-refractivity contribution in [3.63, 3.8) is 0 Å². The van der Waals surface area contributed by atoms with E-state index in [0.717, 1.165) is 0 Å². The first kappa shape index (κ1) is 15.5. The molecule has 0 radical (unpaired) electrons. The monoisotopic (exact) mass is 321 g/mol. The quantitative estimate of drug-likeness (QED) is 0.690. The van der Waals surface area contributed by atoms with Crippen LogP contribution in [0.5, 0.6) is 0 Å². The predicted octanol–water partition coefficient (Wildman–Crippen LogP) is 3.60. The zero-order chi connectivity index (χ0) is 15.4. The minimum absolute atomic E-state index is 0.220. The third-order valence-electron chi connectivity index (χ3n) is 3.05. The van der Waals surface area contributed by atoms with E-state index < -0.39 is 5.38 Å². The number of hydrogen-bond donors (Lipinski definition) is 1. The second kappa shape index (κ2) is 6.74. The number of rotatable bonds is 4. The molecule has 0 aliphatic heterocycles. The Balaban J connectivity index is 2.50. The van der Waals surface area contributed by atoms with E-state index in [2.05, 4.69) is 5.32 Å². The highest BCUT2D eigenvalue weighted by molar-refractivity contribution is 6.33. The van der Waals surface area contributed by atoms with Crippen LogP contribution in [0.25, 0.3) is 0 Å². The molecule has 108 valence electrons. The van der Waals surface area contributed by atoms with E-state index in [1.165, 1.54) is 13.1 Å². The van der Waals surface area contributed by atoms with Crippen LogP contribution in [0, 0.1) is 0 Å². The maximum atomic E-state index is 12.6. The molecule has 1 atom stereocenters. The Morgan fingerprint density at radius 1 is 1.10 bits per heavy atom. The van der Waals surface area contributed by atoms with Gasteiger partial charge in [-0.1, -0.05) is 48.0 Å². The van der Waals surface area contributed by atoms with E-state index in [9.17, 15) is 9.59 Å². The Bertz CT molecular complexity index is 671. The third kappa shape index (κ3) is 3.43. The molecule has 1 unspecified atom stereocenters. The van der Waals surface area contributed by atoms with Crippen LogP contribution in [0.1, 0.15) is 26.9 Å². The summed E-state index contributed by atoms with van der Waals surface area (Å²) in [5.74, 6) is -0.594. The molecule has 2 rings (SSSR count). The van der Waals surface area contributed by atoms with Crippen molar-refractivity contribution in [3.8, 4) is 0 Å². The standard InChI is InChI=1S/C16H13Cl2NO2/c1-19-16(21)14(18)12-8-7-11(17)9-13(12)15(20)10-5-3-2-4-6-10/h2-9,14H,1H3,(H,19,21). The van der Waals surface area contributed by atoms with Gasteiger partial charge in [-0.3, -0.25) is 9.59 Å². The van der Waals surface area contributed by atoms with Crippen molar-refractivity contribution >= 4 is 34.9 Å². The second-order valence-corrected chi connectivity index (χ2v) is 5.28. The van der Waals surface area contributed by atoms with Gasteiger partial charge in [-0.15, -0.1) is 11.6 Å². The number of benzene rings is 2. The van der Waals surface area contributed by atoms with Crippen LogP contribution in [0.4, 0.5) is 0 Å². The van der Waals surface area contributed by atoms with Crippen LogP contribution in [0.15, 0.2) is 48.5 Å². The Kier molecular flexibility index (Phi) is 4.99. The highest BCUT2D eigenvalue weighted by Gasteiger charge is 2.23. The lowest BCUT2D eigenvalue weighted by atomic mass is 9.96. The van der Waals surface area contributed by atoms with Gasteiger partial charge < -0.3 is 5.32 Å². The summed E-state index contributed by atoms with van der Waals surface area (Å²) in [6, 6.07) is 13.5. The van der Waals surface area contributed by atoms with Crippen molar-refractivity contribution in [2.45, 2.75) is 5.38 Å². The lowest BCUT2D eigenvalue weighted by molar-refractivity contribution is -0.120. The van der Waals surface area contributed by atoms with Gasteiger partial charge in [0, 0.05) is 23.2 Å². The number of halogens is 2. The normalized spacial score (nSPS) is 11.8. The minimum atomic E-state index is -0.949. The predicted molar refractivity (Wildman–Crippen MR) is 84.0 cm³/mol. The molecule has 2 aromatic carbocycles. The number of carbonyl (C=O) groups is 2. The van der Waals surface area contributed by atoms with Crippen LogP contribution < -0.4 is 5.32 Å². The fourth-order valence-electron chi connectivity index (χ4n) is 1.96. The Labute approximate surface area is 132 Å². The molecule has 21 heavy (non-hydrogen) atoms. The van der Waals surface area contributed by atoms with Crippen LogP contribution in [0.3, 0.4) is 0 Å². The molecule has 5 heteroatoms. The highest BCUT2D eigenvalue weighted by Crippen LogP contribution is 2.28. The van der Waals surface area contributed by atoms with E-state index in [1.807, 2.05) is 6.07 Å². The Hall–Kier alpha value is -1.84.